The molecule has 0 saturated heterocycles. The molecule has 0 unspecified atom stereocenters. The van der Waals surface area contributed by atoms with E-state index in [0.717, 1.165) is 18.9 Å². The van der Waals surface area contributed by atoms with Crippen LogP contribution in [-0.4, -0.2) is 35.0 Å². The van der Waals surface area contributed by atoms with Crippen LogP contribution in [0.2, 0.25) is 0 Å². The maximum atomic E-state index is 11.9. The number of nitrogens with one attached hydrogen (secondary N) is 1. The van der Waals surface area contributed by atoms with E-state index in [1.54, 1.807) is 13.0 Å². The largest absolute Gasteiger partial charge is 0.357 e. The van der Waals surface area contributed by atoms with E-state index >= 15 is 0 Å². The predicted molar refractivity (Wildman–Crippen MR) is 72.9 cm³/mol. The van der Waals surface area contributed by atoms with Gasteiger partial charge in [-0.05, 0) is 34.6 Å². The quantitative estimate of drug-likeness (QED) is 0.865. The van der Waals surface area contributed by atoms with Crippen LogP contribution in [0.3, 0.4) is 0 Å². The van der Waals surface area contributed by atoms with E-state index in [-0.39, 0.29) is 11.9 Å². The van der Waals surface area contributed by atoms with Gasteiger partial charge in [0.25, 0.3) is 5.91 Å². The summed E-state index contributed by atoms with van der Waals surface area (Å²) in [5, 5.41) is 2.84. The van der Waals surface area contributed by atoms with Crippen LogP contribution < -0.4 is 10.2 Å². The van der Waals surface area contributed by atoms with Gasteiger partial charge in [0, 0.05) is 25.2 Å². The Balaban J connectivity index is 3.03. The molecule has 1 rings (SSSR count). The van der Waals surface area contributed by atoms with Crippen LogP contribution in [0.1, 0.15) is 44.0 Å². The number of aromatic nitrogens is 2. The van der Waals surface area contributed by atoms with Gasteiger partial charge in [0.2, 0.25) is 0 Å². The number of anilines is 1. The van der Waals surface area contributed by atoms with Gasteiger partial charge in [-0.3, -0.25) is 4.79 Å². The Bertz CT molecular complexity index is 413. The monoisotopic (exact) mass is 250 g/mol. The molecule has 18 heavy (non-hydrogen) atoms. The minimum atomic E-state index is -0.149. The number of carbonyl (C=O) groups is 1. The minimum absolute atomic E-state index is 0.102. The van der Waals surface area contributed by atoms with Crippen LogP contribution >= 0.6 is 0 Å². The molecule has 0 radical (unpaired) electrons. The first-order valence-electron chi connectivity index (χ1n) is 6.39. The molecule has 5 heteroatoms. The van der Waals surface area contributed by atoms with Gasteiger partial charge in [0.05, 0.1) is 0 Å². The van der Waals surface area contributed by atoms with Crippen molar-refractivity contribution in [3.8, 4) is 0 Å². The maximum Gasteiger partial charge on any atom is 0.270 e. The topological polar surface area (TPSA) is 58.1 Å². The average molecular weight is 250 g/mol. The molecule has 0 atom stereocenters. The van der Waals surface area contributed by atoms with Crippen molar-refractivity contribution in [1.29, 1.82) is 0 Å². The van der Waals surface area contributed by atoms with Crippen LogP contribution in [0.4, 0.5) is 5.82 Å². The fourth-order valence-electron chi connectivity index (χ4n) is 1.71. The Labute approximate surface area is 109 Å². The Morgan fingerprint density at radius 3 is 2.44 bits per heavy atom. The van der Waals surface area contributed by atoms with Gasteiger partial charge in [-0.15, -0.1) is 0 Å². The summed E-state index contributed by atoms with van der Waals surface area (Å²) in [7, 11) is 0. The van der Waals surface area contributed by atoms with Gasteiger partial charge in [0.15, 0.2) is 0 Å². The molecule has 0 aliphatic heterocycles. The van der Waals surface area contributed by atoms with Crippen LogP contribution in [0.25, 0.3) is 0 Å². The van der Waals surface area contributed by atoms with Gasteiger partial charge < -0.3 is 10.2 Å². The standard InChI is InChI=1S/C13H22N4O/c1-6-17(7-2)12-8-11(15-10(5)16-12)13(18)14-9(3)4/h8-9H,6-7H2,1-5H3,(H,14,18). The van der Waals surface area contributed by atoms with E-state index < -0.39 is 0 Å². The van der Waals surface area contributed by atoms with Crippen molar-refractivity contribution >= 4 is 11.7 Å². The lowest BCUT2D eigenvalue weighted by Crippen LogP contribution is -2.31. The van der Waals surface area contributed by atoms with Crippen molar-refractivity contribution in [3.05, 3.63) is 17.6 Å². The summed E-state index contributed by atoms with van der Waals surface area (Å²) in [6.07, 6.45) is 0. The second kappa shape index (κ2) is 6.33. The fourth-order valence-corrected chi connectivity index (χ4v) is 1.71. The lowest BCUT2D eigenvalue weighted by Gasteiger charge is -2.20. The van der Waals surface area contributed by atoms with Crippen molar-refractivity contribution in [2.45, 2.75) is 40.7 Å². The second-order valence-electron chi connectivity index (χ2n) is 4.46. The minimum Gasteiger partial charge on any atom is -0.357 e. The Morgan fingerprint density at radius 1 is 1.33 bits per heavy atom. The predicted octanol–water partition coefficient (Wildman–Crippen LogP) is 1.77. The van der Waals surface area contributed by atoms with Crippen LogP contribution in [0.15, 0.2) is 6.07 Å². The van der Waals surface area contributed by atoms with E-state index in [2.05, 4.69) is 34.0 Å². The van der Waals surface area contributed by atoms with E-state index in [0.29, 0.717) is 11.5 Å². The smallest absolute Gasteiger partial charge is 0.270 e. The first-order valence-corrected chi connectivity index (χ1v) is 6.39. The molecule has 0 fully saturated rings. The molecular formula is C13H22N4O. The van der Waals surface area contributed by atoms with Crippen molar-refractivity contribution in [3.63, 3.8) is 0 Å². The number of aryl methyl sites for hydroxylation is 1. The van der Waals surface area contributed by atoms with Gasteiger partial charge in [-0.1, -0.05) is 0 Å². The van der Waals surface area contributed by atoms with Gasteiger partial charge in [-0.2, -0.15) is 0 Å². The van der Waals surface area contributed by atoms with Crippen molar-refractivity contribution in [2.24, 2.45) is 0 Å². The van der Waals surface area contributed by atoms with E-state index in [1.165, 1.54) is 0 Å². The first kappa shape index (κ1) is 14.4. The zero-order valence-corrected chi connectivity index (χ0v) is 11.8. The highest BCUT2D eigenvalue weighted by Gasteiger charge is 2.13. The lowest BCUT2D eigenvalue weighted by atomic mass is 10.3. The highest BCUT2D eigenvalue weighted by molar-refractivity contribution is 5.93. The molecule has 0 aromatic carbocycles. The number of hydrogen-bond acceptors (Lipinski definition) is 4. The molecule has 1 N–H and O–H groups in total. The highest BCUT2D eigenvalue weighted by atomic mass is 16.1. The SMILES string of the molecule is CCN(CC)c1cc(C(=O)NC(C)C)nc(C)n1. The Kier molecular flexibility index (Phi) is 5.07. The van der Waals surface area contributed by atoms with Gasteiger partial charge in [-0.25, -0.2) is 9.97 Å². The van der Waals surface area contributed by atoms with Crippen molar-refractivity contribution in [1.82, 2.24) is 15.3 Å². The van der Waals surface area contributed by atoms with Crippen molar-refractivity contribution < 1.29 is 4.79 Å². The molecule has 1 amide bonds. The number of carbonyl (C=O) groups excluding carboxylic acids is 1. The third-order valence-corrected chi connectivity index (χ3v) is 2.56. The fraction of sp³-hybridized carbons (Fsp3) is 0.615. The first-order chi connectivity index (χ1) is 8.47. The van der Waals surface area contributed by atoms with Crippen LogP contribution in [-0.2, 0) is 0 Å². The maximum absolute atomic E-state index is 11.9. The zero-order valence-electron chi connectivity index (χ0n) is 11.8. The molecule has 0 spiro atoms. The number of nitrogens with zero attached hydrogens (tertiary/aromatic N) is 3. The molecule has 1 heterocycles. The molecule has 0 bridgehead atoms. The molecular weight excluding hydrogens is 228 g/mol. The summed E-state index contributed by atoms with van der Waals surface area (Å²) in [5.74, 6) is 1.28. The molecule has 1 aromatic rings. The molecule has 0 aliphatic rings. The molecule has 5 nitrogen and oxygen atoms in total. The Hall–Kier alpha value is -1.65. The van der Waals surface area contributed by atoms with Gasteiger partial charge in [0.1, 0.15) is 17.3 Å². The molecule has 0 saturated carbocycles. The molecule has 1 aromatic heterocycles. The summed E-state index contributed by atoms with van der Waals surface area (Å²) < 4.78 is 0. The summed E-state index contributed by atoms with van der Waals surface area (Å²) >= 11 is 0. The third kappa shape index (κ3) is 3.68. The number of hydrogen-bond donors (Lipinski definition) is 1. The van der Waals surface area contributed by atoms with Gasteiger partial charge >= 0.3 is 0 Å². The van der Waals surface area contributed by atoms with E-state index in [4.69, 9.17) is 0 Å². The summed E-state index contributed by atoms with van der Waals surface area (Å²) in [5.41, 5.74) is 0.429. The van der Waals surface area contributed by atoms with Crippen LogP contribution in [0, 0.1) is 6.92 Å². The van der Waals surface area contributed by atoms with E-state index in [1.807, 2.05) is 13.8 Å². The van der Waals surface area contributed by atoms with Crippen LogP contribution in [0.5, 0.6) is 0 Å². The number of rotatable bonds is 5. The highest BCUT2D eigenvalue weighted by Crippen LogP contribution is 2.12. The van der Waals surface area contributed by atoms with E-state index in [9.17, 15) is 4.79 Å². The summed E-state index contributed by atoms with van der Waals surface area (Å²) in [6.45, 7) is 11.5. The normalized spacial score (nSPS) is 10.6. The average Bonchev–Trinajstić information content (AvgIpc) is 2.29. The summed E-state index contributed by atoms with van der Waals surface area (Å²) in [4.78, 5) is 22.6. The Morgan fingerprint density at radius 2 is 1.94 bits per heavy atom. The third-order valence-electron chi connectivity index (χ3n) is 2.56. The number of amides is 1. The molecule has 0 aliphatic carbocycles. The second-order valence-corrected chi connectivity index (χ2v) is 4.46. The zero-order chi connectivity index (χ0) is 13.7. The molecule has 100 valence electrons. The lowest BCUT2D eigenvalue weighted by molar-refractivity contribution is 0.0937. The van der Waals surface area contributed by atoms with Crippen molar-refractivity contribution in [2.75, 3.05) is 18.0 Å². The summed E-state index contributed by atoms with van der Waals surface area (Å²) in [6, 6.07) is 1.85.